The molecule has 9 rings (SSSR count). The number of amides is 2. The number of rotatable bonds is 22. The molecular formula is C47H53FN4O9S. The SMILES string of the molecule is C[C@]1(CC(=O)Nc2nccs2)NCCc2cc(OCCOCCOCCOCCNC(=O)CC34CC5CC6CC(C3)C654)c(Oc3ccc(-c4ccc(C(=O)O)cc4)c(F)c3)cc21. The van der Waals surface area contributed by atoms with Crippen LogP contribution in [0, 0.1) is 34.4 Å². The highest BCUT2D eigenvalue weighted by Gasteiger charge is 2.87. The summed E-state index contributed by atoms with van der Waals surface area (Å²) in [6.07, 6.45) is 8.48. The molecule has 13 nitrogen and oxygen atoms in total. The number of anilines is 1. The van der Waals surface area contributed by atoms with Crippen LogP contribution in [0.25, 0.3) is 11.1 Å². The number of halogens is 1. The molecule has 5 aliphatic rings. The topological polar surface area (TPSA) is 167 Å². The van der Waals surface area contributed by atoms with Gasteiger partial charge in [0.1, 0.15) is 18.2 Å². The van der Waals surface area contributed by atoms with Crippen LogP contribution in [0.4, 0.5) is 9.52 Å². The predicted octanol–water partition coefficient (Wildman–Crippen LogP) is 7.20. The molecule has 3 aromatic carbocycles. The monoisotopic (exact) mass is 868 g/mol. The molecule has 1 aromatic heterocycles. The first-order chi connectivity index (χ1) is 30.1. The number of carbonyl (C=O) groups excluding carboxylic acids is 2. The fraction of sp³-hybridized carbons (Fsp3) is 0.489. The Kier molecular flexibility index (Phi) is 12.1. The van der Waals surface area contributed by atoms with Gasteiger partial charge in [-0.1, -0.05) is 12.1 Å². The molecule has 0 bridgehead atoms. The van der Waals surface area contributed by atoms with Gasteiger partial charge in [-0.25, -0.2) is 14.2 Å². The molecule has 4 N–H and O–H groups in total. The van der Waals surface area contributed by atoms with Crippen molar-refractivity contribution in [2.75, 3.05) is 64.7 Å². The third-order valence-corrected chi connectivity index (χ3v) is 14.8. The van der Waals surface area contributed by atoms with Crippen LogP contribution in [-0.2, 0) is 35.8 Å². The van der Waals surface area contributed by atoms with Gasteiger partial charge in [-0.3, -0.25) is 9.59 Å². The van der Waals surface area contributed by atoms with E-state index >= 15 is 4.39 Å². The second kappa shape index (κ2) is 17.7. The lowest BCUT2D eigenvalue weighted by Crippen LogP contribution is -2.85. The summed E-state index contributed by atoms with van der Waals surface area (Å²) in [6, 6.07) is 14.2. The first-order valence-corrected chi connectivity index (χ1v) is 22.5. The van der Waals surface area contributed by atoms with E-state index in [9.17, 15) is 19.5 Å². The number of nitrogens with one attached hydrogen (secondary N) is 3. The van der Waals surface area contributed by atoms with E-state index in [1.54, 1.807) is 35.8 Å². The minimum atomic E-state index is -1.06. The van der Waals surface area contributed by atoms with E-state index in [2.05, 4.69) is 20.9 Å². The maximum Gasteiger partial charge on any atom is 0.335 e. The molecule has 4 aliphatic carbocycles. The van der Waals surface area contributed by atoms with Gasteiger partial charge in [0.2, 0.25) is 11.8 Å². The van der Waals surface area contributed by atoms with Gasteiger partial charge >= 0.3 is 5.97 Å². The Morgan fingerprint density at radius 3 is 2.26 bits per heavy atom. The molecule has 4 saturated carbocycles. The van der Waals surface area contributed by atoms with E-state index in [4.69, 9.17) is 23.7 Å². The molecule has 2 amide bonds. The van der Waals surface area contributed by atoms with Crippen molar-refractivity contribution in [1.29, 1.82) is 0 Å². The Labute approximate surface area is 364 Å². The summed E-state index contributed by atoms with van der Waals surface area (Å²) in [6.45, 7) is 5.63. The molecule has 328 valence electrons. The smallest absolute Gasteiger partial charge is 0.335 e. The summed E-state index contributed by atoms with van der Waals surface area (Å²) in [5.74, 6) is 2.12. The minimum absolute atomic E-state index is 0.108. The highest BCUT2D eigenvalue weighted by atomic mass is 32.1. The van der Waals surface area contributed by atoms with Crippen molar-refractivity contribution in [3.8, 4) is 28.4 Å². The van der Waals surface area contributed by atoms with Crippen molar-refractivity contribution in [3.63, 3.8) is 0 Å². The van der Waals surface area contributed by atoms with Crippen LogP contribution in [0.1, 0.15) is 66.9 Å². The van der Waals surface area contributed by atoms with E-state index in [1.165, 1.54) is 55.2 Å². The van der Waals surface area contributed by atoms with Crippen molar-refractivity contribution in [2.45, 2.75) is 57.4 Å². The molecule has 2 unspecified atom stereocenters. The molecule has 62 heavy (non-hydrogen) atoms. The van der Waals surface area contributed by atoms with Gasteiger partial charge in [0.15, 0.2) is 16.6 Å². The summed E-state index contributed by atoms with van der Waals surface area (Å²) in [4.78, 5) is 41.3. The molecule has 2 heterocycles. The maximum atomic E-state index is 15.6. The van der Waals surface area contributed by atoms with Crippen LogP contribution in [0.15, 0.2) is 66.2 Å². The van der Waals surface area contributed by atoms with Crippen LogP contribution in [-0.4, -0.2) is 87.2 Å². The number of carboxylic acid groups (broad SMARTS) is 1. The van der Waals surface area contributed by atoms with Gasteiger partial charge in [-0.15, -0.1) is 11.3 Å². The van der Waals surface area contributed by atoms with Crippen molar-refractivity contribution < 1.29 is 47.6 Å². The van der Waals surface area contributed by atoms with Crippen LogP contribution in [0.5, 0.6) is 17.2 Å². The zero-order chi connectivity index (χ0) is 42.9. The molecule has 3 atom stereocenters. The number of hydrogen-bond acceptors (Lipinski definition) is 11. The third kappa shape index (κ3) is 8.09. The van der Waals surface area contributed by atoms with Crippen molar-refractivity contribution in [3.05, 3.63) is 88.7 Å². The second-order valence-corrected chi connectivity index (χ2v) is 18.4. The molecule has 0 radical (unpaired) electrons. The fourth-order valence-corrected chi connectivity index (χ4v) is 12.1. The first kappa shape index (κ1) is 42.4. The van der Waals surface area contributed by atoms with Crippen molar-refractivity contribution in [2.24, 2.45) is 28.6 Å². The van der Waals surface area contributed by atoms with Crippen molar-refractivity contribution >= 4 is 34.3 Å². The Balaban J connectivity index is 0.745. The average molecular weight is 869 g/mol. The molecule has 0 saturated heterocycles. The maximum absolute atomic E-state index is 15.6. The molecular weight excluding hydrogens is 816 g/mol. The van der Waals surface area contributed by atoms with Crippen LogP contribution in [0.3, 0.4) is 0 Å². The zero-order valence-electron chi connectivity index (χ0n) is 34.8. The predicted molar refractivity (Wildman–Crippen MR) is 229 cm³/mol. The number of aromatic carboxylic acids is 1. The summed E-state index contributed by atoms with van der Waals surface area (Å²) >= 11 is 1.34. The number of benzene rings is 3. The van der Waals surface area contributed by atoms with Gasteiger partial charge in [0, 0.05) is 54.7 Å². The quantitative estimate of drug-likeness (QED) is 0.0591. The van der Waals surface area contributed by atoms with E-state index in [0.29, 0.717) is 97.6 Å². The van der Waals surface area contributed by atoms with Gasteiger partial charge < -0.3 is 44.7 Å². The number of carboxylic acids is 1. The van der Waals surface area contributed by atoms with E-state index in [1.807, 2.05) is 19.1 Å². The Hall–Kier alpha value is -4.93. The van der Waals surface area contributed by atoms with E-state index in [-0.39, 0.29) is 42.8 Å². The van der Waals surface area contributed by atoms with Crippen molar-refractivity contribution in [1.82, 2.24) is 15.6 Å². The van der Waals surface area contributed by atoms with Crippen LogP contribution >= 0.6 is 11.3 Å². The van der Waals surface area contributed by atoms with Gasteiger partial charge in [0.05, 0.1) is 45.2 Å². The molecule has 4 aromatic rings. The number of nitrogens with zero attached hydrogens (tertiary/aromatic N) is 1. The van der Waals surface area contributed by atoms with Gasteiger partial charge in [0.25, 0.3) is 0 Å². The summed E-state index contributed by atoms with van der Waals surface area (Å²) in [5.41, 5.74) is 2.92. The standard InChI is InChI=1S/C47H53FN4O9S/c1-45(27-42(54)52-44-50-11-19-62-44)37-24-40(61-35-6-7-36(38(48)23-35)29-2-4-30(5-3-29)43(55)56)39(20-31(37)8-9-51-45)60-18-17-59-16-15-58-14-13-57-12-10-49-41(53)28-46-25-33-21-32-22-34(26-46)47(32,33)46/h2-7,11,19-20,23-24,32-34,51H,8-10,12-18,21-22,25-28H2,1H3,(H,49,53)(H,55,56)(H,50,52,54)/t32?,33?,34?,45-,46?,47?/m1/s1. The number of fused-ring (bicyclic) bond motifs is 1. The van der Waals surface area contributed by atoms with E-state index in [0.717, 1.165) is 28.9 Å². The van der Waals surface area contributed by atoms with Crippen LogP contribution in [0.2, 0.25) is 0 Å². The van der Waals surface area contributed by atoms with Gasteiger partial charge in [-0.05, 0) is 121 Å². The van der Waals surface area contributed by atoms with E-state index < -0.39 is 17.3 Å². The van der Waals surface area contributed by atoms with Gasteiger partial charge in [-0.2, -0.15) is 0 Å². The summed E-state index contributed by atoms with van der Waals surface area (Å²) in [5, 5.41) is 21.0. The molecule has 15 heteroatoms. The largest absolute Gasteiger partial charge is 0.487 e. The average Bonchev–Trinajstić information content (AvgIpc) is 3.73. The lowest BCUT2D eigenvalue weighted by atomic mass is 9.13. The number of ether oxygens (including phenoxy) is 5. The minimum Gasteiger partial charge on any atom is -0.487 e. The molecule has 1 spiro atoms. The normalized spacial score (nSPS) is 25.9. The summed E-state index contributed by atoms with van der Waals surface area (Å²) < 4.78 is 45.2. The third-order valence-electron chi connectivity index (χ3n) is 14.1. The second-order valence-electron chi connectivity index (χ2n) is 17.5. The number of thiazole rings is 1. The fourth-order valence-electron chi connectivity index (χ4n) is 11.6. The Morgan fingerprint density at radius 2 is 1.60 bits per heavy atom. The lowest BCUT2D eigenvalue weighted by molar-refractivity contribution is -0.430. The highest BCUT2D eigenvalue weighted by molar-refractivity contribution is 7.13. The zero-order valence-corrected chi connectivity index (χ0v) is 35.7. The molecule has 1 aliphatic heterocycles. The number of aromatic nitrogens is 1. The highest BCUT2D eigenvalue weighted by Crippen LogP contribution is 2.93. The first-order valence-electron chi connectivity index (χ1n) is 21.6. The Morgan fingerprint density at radius 1 is 0.871 bits per heavy atom. The number of carbonyl (C=O) groups is 3. The summed E-state index contributed by atoms with van der Waals surface area (Å²) in [7, 11) is 0. The van der Waals surface area contributed by atoms with Crippen LogP contribution < -0.4 is 25.4 Å². The molecule has 4 fully saturated rings. The number of hydrogen-bond donors (Lipinski definition) is 4. The Bertz CT molecular complexity index is 2270. The lowest BCUT2D eigenvalue weighted by Gasteiger charge is -2.91.